The highest BCUT2D eigenvalue weighted by molar-refractivity contribution is 5.53. The molecule has 1 aromatic carbocycles. The average Bonchev–Trinajstić information content (AvgIpc) is 2.31. The molecule has 17 heavy (non-hydrogen) atoms. The van der Waals surface area contributed by atoms with Gasteiger partial charge in [-0.2, -0.15) is 0 Å². The number of methoxy groups -OCH3 is 2. The highest BCUT2D eigenvalue weighted by atomic mass is 16.8. The van der Waals surface area contributed by atoms with E-state index < -0.39 is 11.6 Å². The number of rotatable bonds is 2. The number of hydrogen-bond acceptors (Lipinski definition) is 5. The van der Waals surface area contributed by atoms with Crippen LogP contribution in [-0.2, 0) is 9.47 Å². The third kappa shape index (κ3) is 1.71. The van der Waals surface area contributed by atoms with Crippen LogP contribution in [0.5, 0.6) is 11.5 Å². The summed E-state index contributed by atoms with van der Waals surface area (Å²) in [7, 11) is 3.08. The van der Waals surface area contributed by atoms with Crippen molar-refractivity contribution in [3.05, 3.63) is 18.2 Å². The lowest BCUT2D eigenvalue weighted by molar-refractivity contribution is -0.345. The van der Waals surface area contributed by atoms with Gasteiger partial charge in [0.2, 0.25) is 0 Å². The van der Waals surface area contributed by atoms with Crippen LogP contribution in [0.2, 0.25) is 0 Å². The van der Waals surface area contributed by atoms with Crippen molar-refractivity contribution in [3.8, 4) is 11.5 Å². The number of nitrogen functional groups attached to an aromatic ring is 1. The summed E-state index contributed by atoms with van der Waals surface area (Å²) >= 11 is 0. The molecule has 2 atom stereocenters. The van der Waals surface area contributed by atoms with Gasteiger partial charge in [0, 0.05) is 39.8 Å². The minimum absolute atomic E-state index is 0.545. The Labute approximate surface area is 100 Å². The topological polar surface area (TPSA) is 62.9 Å². The zero-order valence-corrected chi connectivity index (χ0v) is 10.4. The average molecular weight is 239 g/mol. The first-order chi connectivity index (χ1) is 7.94. The van der Waals surface area contributed by atoms with E-state index in [1.54, 1.807) is 39.2 Å². The lowest BCUT2D eigenvalue weighted by Crippen LogP contribution is -2.62. The lowest BCUT2D eigenvalue weighted by atomic mass is 10.1. The zero-order valence-electron chi connectivity index (χ0n) is 10.4. The van der Waals surface area contributed by atoms with Gasteiger partial charge < -0.3 is 24.7 Å². The molecule has 0 amide bonds. The van der Waals surface area contributed by atoms with E-state index >= 15 is 0 Å². The van der Waals surface area contributed by atoms with E-state index in [0.717, 1.165) is 0 Å². The number of fused-ring (bicyclic) bond motifs is 1. The summed E-state index contributed by atoms with van der Waals surface area (Å²) in [5.74, 6) is -0.935. The van der Waals surface area contributed by atoms with Crippen LogP contribution in [0.15, 0.2) is 18.2 Å². The summed E-state index contributed by atoms with van der Waals surface area (Å²) in [6, 6.07) is 5.19. The Morgan fingerprint density at radius 1 is 1.00 bits per heavy atom. The molecule has 0 saturated carbocycles. The third-order valence-electron chi connectivity index (χ3n) is 3.18. The maximum atomic E-state index is 5.80. The van der Waals surface area contributed by atoms with Gasteiger partial charge in [0.05, 0.1) is 0 Å². The molecule has 1 aliphatic rings. The fourth-order valence-corrected chi connectivity index (χ4v) is 1.75. The Kier molecular flexibility index (Phi) is 2.67. The molecular weight excluding hydrogens is 222 g/mol. The molecule has 0 saturated heterocycles. The molecule has 0 spiro atoms. The minimum atomic E-state index is -1.04. The summed E-state index contributed by atoms with van der Waals surface area (Å²) in [5.41, 5.74) is 6.31. The van der Waals surface area contributed by atoms with Crippen LogP contribution in [-0.4, -0.2) is 25.8 Å². The van der Waals surface area contributed by atoms with Gasteiger partial charge in [-0.25, -0.2) is 0 Å². The SMILES string of the molecule is COC1(C)Oc2cc(N)ccc2O[C@]1(C)OC. The van der Waals surface area contributed by atoms with Gasteiger partial charge in [-0.15, -0.1) is 0 Å². The Bertz CT molecular complexity index is 437. The first kappa shape index (κ1) is 12.0. The smallest absolute Gasteiger partial charge is 0.273 e. The van der Waals surface area contributed by atoms with Gasteiger partial charge in [0.15, 0.2) is 11.5 Å². The van der Waals surface area contributed by atoms with Gasteiger partial charge >= 0.3 is 0 Å². The Morgan fingerprint density at radius 3 is 2.06 bits per heavy atom. The molecule has 5 nitrogen and oxygen atoms in total. The Balaban J connectivity index is 2.47. The molecule has 0 bridgehead atoms. The third-order valence-corrected chi connectivity index (χ3v) is 3.18. The second-order valence-electron chi connectivity index (χ2n) is 4.21. The number of ether oxygens (including phenoxy) is 4. The van der Waals surface area contributed by atoms with Crippen LogP contribution in [0.1, 0.15) is 13.8 Å². The van der Waals surface area contributed by atoms with Crippen molar-refractivity contribution in [2.45, 2.75) is 25.4 Å². The second-order valence-corrected chi connectivity index (χ2v) is 4.21. The van der Waals surface area contributed by atoms with Gasteiger partial charge in [-0.1, -0.05) is 0 Å². The van der Waals surface area contributed by atoms with Crippen molar-refractivity contribution in [1.82, 2.24) is 0 Å². The summed E-state index contributed by atoms with van der Waals surface area (Å²) in [6.07, 6.45) is 0. The second kappa shape index (κ2) is 3.78. The quantitative estimate of drug-likeness (QED) is 0.797. The monoisotopic (exact) mass is 239 g/mol. The minimum Gasteiger partial charge on any atom is -0.452 e. The standard InChI is InChI=1S/C12H17NO4/c1-11(14-3)12(2,15-4)17-10-7-8(13)5-6-9(10)16-11/h5-7H,13H2,1-4H3/t11-,12?/m0/s1. The highest BCUT2D eigenvalue weighted by Gasteiger charge is 2.54. The van der Waals surface area contributed by atoms with E-state index in [2.05, 4.69) is 0 Å². The van der Waals surface area contributed by atoms with Crippen molar-refractivity contribution in [3.63, 3.8) is 0 Å². The van der Waals surface area contributed by atoms with Crippen LogP contribution >= 0.6 is 0 Å². The molecule has 1 aromatic rings. The van der Waals surface area contributed by atoms with E-state index in [-0.39, 0.29) is 0 Å². The summed E-state index contributed by atoms with van der Waals surface area (Å²) in [4.78, 5) is 0. The molecule has 5 heteroatoms. The van der Waals surface area contributed by atoms with E-state index in [1.807, 2.05) is 0 Å². The number of benzene rings is 1. The van der Waals surface area contributed by atoms with E-state index in [4.69, 9.17) is 24.7 Å². The maximum absolute atomic E-state index is 5.80. The van der Waals surface area contributed by atoms with Gasteiger partial charge in [0.1, 0.15) is 0 Å². The predicted molar refractivity (Wildman–Crippen MR) is 62.9 cm³/mol. The largest absolute Gasteiger partial charge is 0.452 e. The van der Waals surface area contributed by atoms with Gasteiger partial charge in [-0.3, -0.25) is 0 Å². The van der Waals surface area contributed by atoms with Crippen LogP contribution in [0, 0.1) is 0 Å². The fourth-order valence-electron chi connectivity index (χ4n) is 1.75. The van der Waals surface area contributed by atoms with Gasteiger partial charge in [0.25, 0.3) is 11.6 Å². The zero-order chi connectivity index (χ0) is 12.7. The van der Waals surface area contributed by atoms with E-state index in [0.29, 0.717) is 17.2 Å². The molecule has 2 rings (SSSR count). The highest BCUT2D eigenvalue weighted by Crippen LogP contribution is 2.44. The molecule has 0 radical (unpaired) electrons. The van der Waals surface area contributed by atoms with Crippen LogP contribution in [0.4, 0.5) is 5.69 Å². The fraction of sp³-hybridized carbons (Fsp3) is 0.500. The molecule has 0 fully saturated rings. The van der Waals surface area contributed by atoms with Crippen molar-refractivity contribution < 1.29 is 18.9 Å². The maximum Gasteiger partial charge on any atom is 0.273 e. The summed E-state index contributed by atoms with van der Waals surface area (Å²) in [6.45, 7) is 3.51. The van der Waals surface area contributed by atoms with Crippen LogP contribution in [0.3, 0.4) is 0 Å². The molecule has 0 aromatic heterocycles. The van der Waals surface area contributed by atoms with Crippen molar-refractivity contribution in [2.75, 3.05) is 20.0 Å². The number of hydrogen-bond donors (Lipinski definition) is 1. The number of anilines is 1. The molecule has 94 valence electrons. The molecule has 1 aliphatic heterocycles. The van der Waals surface area contributed by atoms with Crippen LogP contribution < -0.4 is 15.2 Å². The van der Waals surface area contributed by atoms with E-state index in [9.17, 15) is 0 Å². The molecule has 1 heterocycles. The number of nitrogens with two attached hydrogens (primary N) is 1. The first-order valence-corrected chi connectivity index (χ1v) is 5.32. The molecule has 1 unspecified atom stereocenters. The normalized spacial score (nSPS) is 31.3. The molecular formula is C12H17NO4. The van der Waals surface area contributed by atoms with Crippen molar-refractivity contribution in [1.29, 1.82) is 0 Å². The Hall–Kier alpha value is -1.46. The van der Waals surface area contributed by atoms with Crippen molar-refractivity contribution >= 4 is 5.69 Å². The first-order valence-electron chi connectivity index (χ1n) is 5.32. The summed E-state index contributed by atoms with van der Waals surface area (Å²) < 4.78 is 22.3. The van der Waals surface area contributed by atoms with Crippen molar-refractivity contribution in [2.24, 2.45) is 0 Å². The Morgan fingerprint density at radius 2 is 1.53 bits per heavy atom. The van der Waals surface area contributed by atoms with E-state index in [1.165, 1.54) is 7.11 Å². The lowest BCUT2D eigenvalue weighted by Gasteiger charge is -2.46. The summed E-state index contributed by atoms with van der Waals surface area (Å²) in [5, 5.41) is 0. The van der Waals surface area contributed by atoms with Gasteiger partial charge in [-0.05, 0) is 12.1 Å². The van der Waals surface area contributed by atoms with Crippen LogP contribution in [0.25, 0.3) is 0 Å². The molecule has 2 N–H and O–H groups in total. The molecule has 0 aliphatic carbocycles. The predicted octanol–water partition coefficient (Wildman–Crippen LogP) is 1.77.